The highest BCUT2D eigenvalue weighted by molar-refractivity contribution is 7.96. The molecule has 1 atom stereocenters. The quantitative estimate of drug-likeness (QED) is 0.385. The molecule has 3 rings (SSSR count). The Morgan fingerprint density at radius 3 is 1.45 bits per heavy atom. The monoisotopic (exact) mass is 403 g/mol. The smallest absolute Gasteiger partial charge is 0.174 e. The summed E-state index contributed by atoms with van der Waals surface area (Å²) in [6, 6.07) is 32.4. The summed E-state index contributed by atoms with van der Waals surface area (Å²) in [6.07, 6.45) is 4.64. The summed E-state index contributed by atoms with van der Waals surface area (Å²) in [5.74, 6) is 0.429. The first-order valence-corrected chi connectivity index (χ1v) is 12.7. The molecule has 0 unspecified atom stereocenters. The average molecular weight is 404 g/mol. The van der Waals surface area contributed by atoms with Gasteiger partial charge in [0.1, 0.15) is 28.8 Å². The van der Waals surface area contributed by atoms with Gasteiger partial charge in [0.15, 0.2) is 5.78 Å². The van der Waals surface area contributed by atoms with Crippen LogP contribution in [0.15, 0.2) is 91.0 Å². The van der Waals surface area contributed by atoms with Crippen molar-refractivity contribution in [1.82, 2.24) is 0 Å². The van der Waals surface area contributed by atoms with Gasteiger partial charge in [-0.1, -0.05) is 81.3 Å². The molecule has 0 saturated carbocycles. The summed E-state index contributed by atoms with van der Waals surface area (Å²) in [6.45, 7) is 4.37. The average Bonchev–Trinajstić information content (AvgIpc) is 2.79. The molecule has 0 aliphatic rings. The van der Waals surface area contributed by atoms with Crippen molar-refractivity contribution in [3.05, 3.63) is 91.0 Å². The van der Waals surface area contributed by atoms with Crippen molar-refractivity contribution in [2.24, 2.45) is 0 Å². The number of carbonyl (C=O) groups excluding carboxylic acids is 1. The number of hydrogen-bond acceptors (Lipinski definition) is 1. The predicted molar refractivity (Wildman–Crippen MR) is 128 cm³/mol. The molecule has 0 bridgehead atoms. The predicted octanol–water partition coefficient (Wildman–Crippen LogP) is 5.91. The van der Waals surface area contributed by atoms with Crippen molar-refractivity contribution in [3.63, 3.8) is 0 Å². The molecule has 0 amide bonds. The number of hydrogen-bond donors (Lipinski definition) is 0. The molecular formula is C27H32OP+. The standard InChI is InChI=1S/C27H32OP/c1-3-5-22-26(28)27(15-4-2)29(23-16-9-6-10-17-23,24-18-11-7-12-19-24)25-20-13-8-14-21-25/h6-14,16-21,27H,3-5,15,22H2,1-2H3/q+1/t27-/m1/s1. The Labute approximate surface area is 176 Å². The van der Waals surface area contributed by atoms with Crippen LogP contribution >= 0.6 is 7.26 Å². The largest absolute Gasteiger partial charge is 0.295 e. The summed E-state index contributed by atoms with van der Waals surface area (Å²) < 4.78 is 0. The highest BCUT2D eigenvalue weighted by atomic mass is 31.2. The Hall–Kier alpha value is -2.24. The number of ketones is 1. The minimum atomic E-state index is -2.13. The Morgan fingerprint density at radius 1 is 0.690 bits per heavy atom. The third-order valence-corrected chi connectivity index (χ3v) is 10.5. The lowest BCUT2D eigenvalue weighted by molar-refractivity contribution is -0.118. The van der Waals surface area contributed by atoms with Gasteiger partial charge >= 0.3 is 0 Å². The maximum Gasteiger partial charge on any atom is 0.174 e. The molecule has 3 aromatic carbocycles. The van der Waals surface area contributed by atoms with Gasteiger partial charge in [-0.05, 0) is 49.2 Å². The minimum Gasteiger partial charge on any atom is -0.295 e. The van der Waals surface area contributed by atoms with Crippen LogP contribution in [0.2, 0.25) is 0 Å². The highest BCUT2D eigenvalue weighted by Crippen LogP contribution is 2.61. The van der Waals surface area contributed by atoms with E-state index < -0.39 is 7.26 Å². The van der Waals surface area contributed by atoms with E-state index in [1.54, 1.807) is 0 Å². The summed E-state index contributed by atoms with van der Waals surface area (Å²) >= 11 is 0. The minimum absolute atomic E-state index is 0.0197. The molecule has 3 aromatic rings. The van der Waals surface area contributed by atoms with Crippen LogP contribution in [0.3, 0.4) is 0 Å². The van der Waals surface area contributed by atoms with E-state index in [1.165, 1.54) is 15.9 Å². The number of rotatable bonds is 10. The molecule has 0 spiro atoms. The van der Waals surface area contributed by atoms with Gasteiger partial charge in [0.2, 0.25) is 0 Å². The molecule has 0 fully saturated rings. The zero-order chi connectivity index (χ0) is 20.5. The topological polar surface area (TPSA) is 17.1 Å². The molecule has 150 valence electrons. The van der Waals surface area contributed by atoms with Gasteiger partial charge in [0, 0.05) is 6.42 Å². The van der Waals surface area contributed by atoms with Gasteiger partial charge < -0.3 is 0 Å². The highest BCUT2D eigenvalue weighted by Gasteiger charge is 2.54. The van der Waals surface area contributed by atoms with Crippen LogP contribution in [0.1, 0.15) is 46.0 Å². The van der Waals surface area contributed by atoms with Gasteiger partial charge in [0.05, 0.1) is 0 Å². The maximum absolute atomic E-state index is 13.7. The van der Waals surface area contributed by atoms with Crippen molar-refractivity contribution in [3.8, 4) is 0 Å². The SMILES string of the molecule is CCCCC(=O)[C@@H](CCC)[P+](c1ccccc1)(c1ccccc1)c1ccccc1. The summed E-state index contributed by atoms with van der Waals surface area (Å²) in [4.78, 5) is 13.7. The van der Waals surface area contributed by atoms with Crippen molar-refractivity contribution < 1.29 is 4.79 Å². The van der Waals surface area contributed by atoms with Crippen LogP contribution in [0, 0.1) is 0 Å². The van der Waals surface area contributed by atoms with Crippen molar-refractivity contribution >= 4 is 29.0 Å². The third kappa shape index (κ3) is 4.51. The zero-order valence-electron chi connectivity index (χ0n) is 17.6. The molecule has 0 N–H and O–H groups in total. The summed E-state index contributed by atoms with van der Waals surface area (Å²) in [5, 5.41) is 3.92. The molecule has 0 heterocycles. The molecule has 0 aliphatic heterocycles. The van der Waals surface area contributed by atoms with Crippen molar-refractivity contribution in [2.45, 2.75) is 51.6 Å². The van der Waals surface area contributed by atoms with Gasteiger partial charge in [0.25, 0.3) is 0 Å². The van der Waals surface area contributed by atoms with E-state index in [-0.39, 0.29) is 5.66 Å². The first-order valence-electron chi connectivity index (χ1n) is 10.8. The van der Waals surface area contributed by atoms with E-state index in [0.717, 1.165) is 25.7 Å². The van der Waals surface area contributed by atoms with E-state index in [4.69, 9.17) is 0 Å². The maximum atomic E-state index is 13.7. The normalized spacial score (nSPS) is 12.5. The molecular weight excluding hydrogens is 371 g/mol. The Bertz CT molecular complexity index is 778. The second-order valence-corrected chi connectivity index (χ2v) is 11.2. The molecule has 0 aromatic heterocycles. The third-order valence-electron chi connectivity index (χ3n) is 5.67. The summed E-state index contributed by atoms with van der Waals surface area (Å²) in [5.41, 5.74) is 0.0197. The van der Waals surface area contributed by atoms with Crippen LogP contribution < -0.4 is 15.9 Å². The fourth-order valence-electron chi connectivity index (χ4n) is 4.34. The number of benzene rings is 3. The molecule has 0 aliphatic carbocycles. The van der Waals surface area contributed by atoms with Crippen molar-refractivity contribution in [1.29, 1.82) is 0 Å². The molecule has 2 heteroatoms. The first-order chi connectivity index (χ1) is 14.2. The lowest BCUT2D eigenvalue weighted by Crippen LogP contribution is -2.42. The number of Topliss-reactive ketones (excluding diaryl/α,β-unsaturated/α-hetero) is 1. The zero-order valence-corrected chi connectivity index (χ0v) is 18.5. The van der Waals surface area contributed by atoms with Crippen LogP contribution in [-0.4, -0.2) is 11.4 Å². The first kappa shape index (κ1) is 21.5. The van der Waals surface area contributed by atoms with Gasteiger partial charge in [-0.15, -0.1) is 0 Å². The number of carbonyl (C=O) groups is 1. The second kappa shape index (κ2) is 10.5. The van der Waals surface area contributed by atoms with E-state index in [1.807, 2.05) is 0 Å². The van der Waals surface area contributed by atoms with Gasteiger partial charge in [-0.25, -0.2) is 0 Å². The van der Waals surface area contributed by atoms with E-state index in [2.05, 4.69) is 105 Å². The lowest BCUT2D eigenvalue weighted by Gasteiger charge is -2.34. The van der Waals surface area contributed by atoms with Crippen LogP contribution in [0.4, 0.5) is 0 Å². The molecule has 1 nitrogen and oxygen atoms in total. The van der Waals surface area contributed by atoms with E-state index in [0.29, 0.717) is 12.2 Å². The van der Waals surface area contributed by atoms with Crippen molar-refractivity contribution in [2.75, 3.05) is 0 Å². The Kier molecular flexibility index (Phi) is 7.78. The molecule has 29 heavy (non-hydrogen) atoms. The van der Waals surface area contributed by atoms with Gasteiger partial charge in [-0.3, -0.25) is 4.79 Å². The van der Waals surface area contributed by atoms with Crippen LogP contribution in [0.5, 0.6) is 0 Å². The van der Waals surface area contributed by atoms with Crippen LogP contribution in [0.25, 0.3) is 0 Å². The van der Waals surface area contributed by atoms with Gasteiger partial charge in [-0.2, -0.15) is 0 Å². The molecule has 0 radical (unpaired) electrons. The summed E-state index contributed by atoms with van der Waals surface area (Å²) in [7, 11) is -2.13. The lowest BCUT2D eigenvalue weighted by atomic mass is 10.1. The second-order valence-electron chi connectivity index (χ2n) is 7.60. The Balaban J connectivity index is 2.33. The molecule has 0 saturated heterocycles. The van der Waals surface area contributed by atoms with Crippen LogP contribution in [-0.2, 0) is 4.79 Å². The van der Waals surface area contributed by atoms with E-state index in [9.17, 15) is 4.79 Å². The number of unbranched alkanes of at least 4 members (excludes halogenated alkanes) is 1. The Morgan fingerprint density at radius 2 is 1.10 bits per heavy atom. The fraction of sp³-hybridized carbons (Fsp3) is 0.296. The van der Waals surface area contributed by atoms with E-state index >= 15 is 0 Å². The fourth-order valence-corrected chi connectivity index (χ4v) is 9.45.